The lowest BCUT2D eigenvalue weighted by Crippen LogP contribution is -2.37. The molecule has 11 heteroatoms. The minimum Gasteiger partial charge on any atom is -0.387 e. The first kappa shape index (κ1) is 16.1. The lowest BCUT2D eigenvalue weighted by atomic mass is 10.1. The Labute approximate surface area is 141 Å². The number of amides is 1. The Morgan fingerprint density at radius 1 is 1.36 bits per heavy atom. The summed E-state index contributed by atoms with van der Waals surface area (Å²) in [6.45, 7) is 0.0312. The number of aliphatic hydroxyl groups excluding tert-OH is 2. The SMILES string of the molecule is Nc1ncnc2c1ncn2[C@@H]1O[C@H](COC2CCC(=O)N2)[C@@H](O)[C@H]1O. The van der Waals surface area contributed by atoms with E-state index in [-0.39, 0.29) is 18.3 Å². The molecule has 25 heavy (non-hydrogen) atoms. The highest BCUT2D eigenvalue weighted by Gasteiger charge is 2.44. The number of hydrogen-bond donors (Lipinski definition) is 4. The number of carbonyl (C=O) groups excluding carboxylic acids is 1. The maximum absolute atomic E-state index is 11.2. The number of nitrogens with one attached hydrogen (secondary N) is 1. The van der Waals surface area contributed by atoms with Gasteiger partial charge in [-0.15, -0.1) is 0 Å². The second-order valence-electron chi connectivity index (χ2n) is 6.06. The van der Waals surface area contributed by atoms with Crippen molar-refractivity contribution in [1.29, 1.82) is 0 Å². The number of aliphatic hydroxyl groups is 2. The van der Waals surface area contributed by atoms with Crippen LogP contribution in [0.1, 0.15) is 19.1 Å². The van der Waals surface area contributed by atoms with Gasteiger partial charge in [0.2, 0.25) is 5.91 Å². The van der Waals surface area contributed by atoms with Crippen LogP contribution < -0.4 is 11.1 Å². The van der Waals surface area contributed by atoms with Crippen LogP contribution in [0.3, 0.4) is 0 Å². The molecule has 2 aliphatic rings. The van der Waals surface area contributed by atoms with Crippen molar-refractivity contribution in [3.05, 3.63) is 12.7 Å². The topological polar surface area (TPSA) is 158 Å². The van der Waals surface area contributed by atoms with Gasteiger partial charge in [-0.3, -0.25) is 9.36 Å². The summed E-state index contributed by atoms with van der Waals surface area (Å²) in [5, 5.41) is 23.3. The predicted molar refractivity (Wildman–Crippen MR) is 82.8 cm³/mol. The number of hydrogen-bond acceptors (Lipinski definition) is 9. The summed E-state index contributed by atoms with van der Waals surface area (Å²) in [5.41, 5.74) is 6.54. The van der Waals surface area contributed by atoms with Crippen LogP contribution in [0.5, 0.6) is 0 Å². The number of ether oxygens (including phenoxy) is 2. The van der Waals surface area contributed by atoms with E-state index >= 15 is 0 Å². The summed E-state index contributed by atoms with van der Waals surface area (Å²) in [4.78, 5) is 23.3. The molecule has 0 saturated carbocycles. The molecule has 0 aromatic carbocycles. The molecule has 1 amide bonds. The Morgan fingerprint density at radius 3 is 2.96 bits per heavy atom. The summed E-state index contributed by atoms with van der Waals surface area (Å²) in [6, 6.07) is 0. The molecular formula is C14H18N6O5. The Bertz CT molecular complexity index is 797. The maximum atomic E-state index is 11.2. The molecule has 2 aromatic heterocycles. The van der Waals surface area contributed by atoms with Crippen molar-refractivity contribution in [2.75, 3.05) is 12.3 Å². The van der Waals surface area contributed by atoms with Crippen molar-refractivity contribution in [3.8, 4) is 0 Å². The summed E-state index contributed by atoms with van der Waals surface area (Å²) < 4.78 is 12.8. The Balaban J connectivity index is 1.49. The average Bonchev–Trinajstić information content (AvgIpc) is 3.27. The van der Waals surface area contributed by atoms with E-state index in [0.29, 0.717) is 24.0 Å². The fourth-order valence-corrected chi connectivity index (χ4v) is 3.08. The number of imidazole rings is 1. The Hall–Kier alpha value is -2.34. The van der Waals surface area contributed by atoms with E-state index in [1.807, 2.05) is 0 Å². The van der Waals surface area contributed by atoms with Gasteiger partial charge >= 0.3 is 0 Å². The summed E-state index contributed by atoms with van der Waals surface area (Å²) in [6.07, 6.45) is -0.703. The number of carbonyl (C=O) groups is 1. The van der Waals surface area contributed by atoms with Crippen LogP contribution in [0, 0.1) is 0 Å². The van der Waals surface area contributed by atoms with Crippen LogP contribution in [-0.4, -0.2) is 66.8 Å². The van der Waals surface area contributed by atoms with Crippen molar-refractivity contribution < 1.29 is 24.5 Å². The molecule has 4 heterocycles. The molecule has 0 bridgehead atoms. The minimum absolute atomic E-state index is 0.0312. The van der Waals surface area contributed by atoms with Crippen LogP contribution >= 0.6 is 0 Å². The van der Waals surface area contributed by atoms with Gasteiger partial charge in [-0.1, -0.05) is 0 Å². The Kier molecular flexibility index (Phi) is 4.00. The monoisotopic (exact) mass is 350 g/mol. The van der Waals surface area contributed by atoms with Crippen LogP contribution in [-0.2, 0) is 14.3 Å². The van der Waals surface area contributed by atoms with Crippen molar-refractivity contribution >= 4 is 22.9 Å². The van der Waals surface area contributed by atoms with Crippen LogP contribution in [0.15, 0.2) is 12.7 Å². The van der Waals surface area contributed by atoms with Gasteiger partial charge in [0.25, 0.3) is 0 Å². The number of rotatable bonds is 4. The molecule has 2 aliphatic heterocycles. The molecule has 4 rings (SSSR count). The highest BCUT2D eigenvalue weighted by molar-refractivity contribution is 5.81. The van der Waals surface area contributed by atoms with E-state index in [0.717, 1.165) is 0 Å². The van der Waals surface area contributed by atoms with Crippen LogP contribution in [0.25, 0.3) is 11.2 Å². The molecule has 0 radical (unpaired) electrons. The molecule has 2 saturated heterocycles. The van der Waals surface area contributed by atoms with Gasteiger partial charge in [0.15, 0.2) is 17.7 Å². The lowest BCUT2D eigenvalue weighted by Gasteiger charge is -2.18. The third-order valence-electron chi connectivity index (χ3n) is 4.42. The van der Waals surface area contributed by atoms with E-state index in [1.165, 1.54) is 17.2 Å². The molecular weight excluding hydrogens is 332 g/mol. The molecule has 2 fully saturated rings. The number of aromatic nitrogens is 4. The normalized spacial score (nSPS) is 32.4. The number of anilines is 1. The molecule has 5 atom stereocenters. The number of fused-ring (bicyclic) bond motifs is 1. The van der Waals surface area contributed by atoms with Crippen LogP contribution in [0.2, 0.25) is 0 Å². The first-order valence-electron chi connectivity index (χ1n) is 7.90. The van der Waals surface area contributed by atoms with E-state index in [1.54, 1.807) is 0 Å². The van der Waals surface area contributed by atoms with Gasteiger partial charge in [0.1, 0.15) is 36.4 Å². The van der Waals surface area contributed by atoms with Crippen molar-refractivity contribution in [2.45, 2.75) is 43.6 Å². The first-order valence-corrected chi connectivity index (χ1v) is 7.90. The zero-order chi connectivity index (χ0) is 17.6. The van der Waals surface area contributed by atoms with E-state index in [4.69, 9.17) is 15.2 Å². The largest absolute Gasteiger partial charge is 0.387 e. The molecule has 11 nitrogen and oxygen atoms in total. The van der Waals surface area contributed by atoms with E-state index in [9.17, 15) is 15.0 Å². The van der Waals surface area contributed by atoms with Crippen molar-refractivity contribution in [3.63, 3.8) is 0 Å². The van der Waals surface area contributed by atoms with Gasteiger partial charge in [0, 0.05) is 12.8 Å². The molecule has 1 unspecified atom stereocenters. The highest BCUT2D eigenvalue weighted by atomic mass is 16.6. The van der Waals surface area contributed by atoms with Gasteiger partial charge in [-0.2, -0.15) is 0 Å². The van der Waals surface area contributed by atoms with Gasteiger partial charge in [-0.25, -0.2) is 15.0 Å². The summed E-state index contributed by atoms with van der Waals surface area (Å²) in [5.74, 6) is 0.145. The standard InChI is InChI=1S/C14H18N6O5/c15-12-9-13(17-4-16-12)20(5-18-9)14-11(23)10(22)6(25-14)3-24-8-2-1-7(21)19-8/h4-6,8,10-11,14,22-23H,1-3H2,(H,19,21)(H2,15,16,17)/t6-,8?,10-,11-,14-/m1/s1. The second kappa shape index (κ2) is 6.19. The fourth-order valence-electron chi connectivity index (χ4n) is 3.08. The maximum Gasteiger partial charge on any atom is 0.222 e. The van der Waals surface area contributed by atoms with Crippen molar-refractivity contribution in [2.24, 2.45) is 0 Å². The lowest BCUT2D eigenvalue weighted by molar-refractivity contribution is -0.122. The summed E-state index contributed by atoms with van der Waals surface area (Å²) >= 11 is 0. The highest BCUT2D eigenvalue weighted by Crippen LogP contribution is 2.32. The van der Waals surface area contributed by atoms with Gasteiger partial charge in [-0.05, 0) is 0 Å². The van der Waals surface area contributed by atoms with Crippen molar-refractivity contribution in [1.82, 2.24) is 24.8 Å². The Morgan fingerprint density at radius 2 is 2.20 bits per heavy atom. The van der Waals surface area contributed by atoms with E-state index in [2.05, 4.69) is 20.3 Å². The number of nitrogen functional groups attached to an aromatic ring is 1. The fraction of sp³-hybridized carbons (Fsp3) is 0.571. The first-order chi connectivity index (χ1) is 12.0. The smallest absolute Gasteiger partial charge is 0.222 e. The quantitative estimate of drug-likeness (QED) is 0.503. The summed E-state index contributed by atoms with van der Waals surface area (Å²) in [7, 11) is 0. The van der Waals surface area contributed by atoms with Gasteiger partial charge < -0.3 is 30.7 Å². The molecule has 5 N–H and O–H groups in total. The van der Waals surface area contributed by atoms with Crippen LogP contribution in [0.4, 0.5) is 5.82 Å². The third-order valence-corrected chi connectivity index (χ3v) is 4.42. The minimum atomic E-state index is -1.19. The molecule has 0 spiro atoms. The zero-order valence-corrected chi connectivity index (χ0v) is 13.1. The second-order valence-corrected chi connectivity index (χ2v) is 6.06. The predicted octanol–water partition coefficient (Wildman–Crippen LogP) is -1.72. The number of nitrogens with two attached hydrogens (primary N) is 1. The molecule has 2 aromatic rings. The average molecular weight is 350 g/mol. The third kappa shape index (κ3) is 2.80. The molecule has 134 valence electrons. The molecule has 0 aliphatic carbocycles. The van der Waals surface area contributed by atoms with E-state index < -0.39 is 30.8 Å². The van der Waals surface area contributed by atoms with Gasteiger partial charge in [0.05, 0.1) is 12.9 Å². The zero-order valence-electron chi connectivity index (χ0n) is 13.1. The number of nitrogens with zero attached hydrogens (tertiary/aromatic N) is 4.